The molecule has 1 atom stereocenters. The largest absolute Gasteiger partial charge is 0.350 e. The molecule has 3 rings (SSSR count). The van der Waals surface area contributed by atoms with Crippen molar-refractivity contribution in [3.05, 3.63) is 72.6 Å². The van der Waals surface area contributed by atoms with Crippen LogP contribution in [0.25, 0.3) is 11.4 Å². The molecule has 3 aromatic rings. The van der Waals surface area contributed by atoms with Crippen LogP contribution in [0.4, 0.5) is 0 Å². The smallest absolute Gasteiger partial charge is 0.251 e. The topological polar surface area (TPSA) is 72.7 Å². The van der Waals surface area contributed by atoms with Crippen molar-refractivity contribution in [2.24, 2.45) is 0 Å². The molecular formula is C22H25N5OS. The normalized spacial score (nSPS) is 11.8. The van der Waals surface area contributed by atoms with E-state index >= 15 is 0 Å². The number of hydrogen-bond donors (Lipinski definition) is 1. The second-order valence-corrected chi connectivity index (χ2v) is 7.65. The van der Waals surface area contributed by atoms with Crippen LogP contribution >= 0.6 is 11.8 Å². The lowest BCUT2D eigenvalue weighted by Gasteiger charge is -2.11. The molecule has 0 saturated carbocycles. The van der Waals surface area contributed by atoms with E-state index in [1.807, 2.05) is 54.0 Å². The van der Waals surface area contributed by atoms with Crippen LogP contribution in [-0.2, 0) is 12.3 Å². The number of pyridine rings is 1. The van der Waals surface area contributed by atoms with Gasteiger partial charge in [0.25, 0.3) is 5.91 Å². The van der Waals surface area contributed by atoms with Crippen LogP contribution in [0.15, 0.2) is 66.6 Å². The van der Waals surface area contributed by atoms with Crippen LogP contribution in [0.1, 0.15) is 36.2 Å². The van der Waals surface area contributed by atoms with Gasteiger partial charge in [0.2, 0.25) is 0 Å². The first kappa shape index (κ1) is 20.8. The predicted octanol–water partition coefficient (Wildman–Crippen LogP) is 4.35. The third-order valence-electron chi connectivity index (χ3n) is 4.54. The molecule has 0 bridgehead atoms. The zero-order chi connectivity index (χ0) is 20.6. The van der Waals surface area contributed by atoms with Gasteiger partial charge in [-0.15, -0.1) is 16.8 Å². The molecule has 29 heavy (non-hydrogen) atoms. The summed E-state index contributed by atoms with van der Waals surface area (Å²) in [5, 5.41) is 12.5. The molecule has 2 heterocycles. The molecule has 150 valence electrons. The number of hydrogen-bond acceptors (Lipinski definition) is 5. The van der Waals surface area contributed by atoms with Gasteiger partial charge in [-0.2, -0.15) is 0 Å². The Hall–Kier alpha value is -2.93. The number of rotatable bonds is 9. The molecule has 7 heteroatoms. The van der Waals surface area contributed by atoms with E-state index in [2.05, 4.69) is 34.0 Å². The first-order valence-electron chi connectivity index (χ1n) is 9.59. The minimum absolute atomic E-state index is 0.0359. The van der Waals surface area contributed by atoms with Gasteiger partial charge in [0.15, 0.2) is 11.0 Å². The molecule has 1 amide bonds. The monoisotopic (exact) mass is 407 g/mol. The van der Waals surface area contributed by atoms with Gasteiger partial charge in [-0.1, -0.05) is 36.9 Å². The fourth-order valence-electron chi connectivity index (χ4n) is 2.71. The molecule has 0 spiro atoms. The van der Waals surface area contributed by atoms with E-state index in [1.54, 1.807) is 24.2 Å². The molecule has 0 aliphatic heterocycles. The second kappa shape index (κ2) is 10.0. The third kappa shape index (κ3) is 5.32. The summed E-state index contributed by atoms with van der Waals surface area (Å²) in [7, 11) is 0. The quantitative estimate of drug-likeness (QED) is 0.422. The molecule has 0 saturated heterocycles. The van der Waals surface area contributed by atoms with Crippen LogP contribution in [0.5, 0.6) is 0 Å². The van der Waals surface area contributed by atoms with Crippen molar-refractivity contribution in [2.45, 2.75) is 43.8 Å². The number of thioether (sulfide) groups is 1. The van der Waals surface area contributed by atoms with Crippen molar-refractivity contribution in [2.75, 3.05) is 0 Å². The summed E-state index contributed by atoms with van der Waals surface area (Å²) in [6, 6.07) is 11.7. The van der Waals surface area contributed by atoms with Crippen LogP contribution in [0.2, 0.25) is 0 Å². The fraction of sp³-hybridized carbons (Fsp3) is 0.273. The summed E-state index contributed by atoms with van der Waals surface area (Å²) in [6.07, 6.45) is 6.23. The molecule has 0 aliphatic rings. The highest BCUT2D eigenvalue weighted by atomic mass is 32.2. The standard InChI is InChI=1S/C22H25N5OS/c1-4-14-27-20(18-10-12-23-13-11-18)25-26-22(27)29-15-17-6-8-19(9-7-17)21(28)24-16(3)5-2/h4,6-13,16H,1,5,14-15H2,2-3H3,(H,24,28)/t16-/m0/s1. The lowest BCUT2D eigenvalue weighted by molar-refractivity contribution is 0.0939. The number of nitrogens with one attached hydrogen (secondary N) is 1. The molecule has 0 radical (unpaired) electrons. The Bertz CT molecular complexity index is 953. The molecule has 1 N–H and O–H groups in total. The maximum Gasteiger partial charge on any atom is 0.251 e. The van der Waals surface area contributed by atoms with E-state index in [4.69, 9.17) is 0 Å². The minimum atomic E-state index is -0.0359. The molecule has 6 nitrogen and oxygen atoms in total. The number of amides is 1. The van der Waals surface area contributed by atoms with E-state index < -0.39 is 0 Å². The fourth-order valence-corrected chi connectivity index (χ4v) is 3.62. The zero-order valence-corrected chi connectivity index (χ0v) is 17.5. The average Bonchev–Trinajstić information content (AvgIpc) is 3.16. The summed E-state index contributed by atoms with van der Waals surface area (Å²) < 4.78 is 2.04. The average molecular weight is 408 g/mol. The highest BCUT2D eigenvalue weighted by Gasteiger charge is 2.14. The van der Waals surface area contributed by atoms with Crippen molar-refractivity contribution < 1.29 is 4.79 Å². The summed E-state index contributed by atoms with van der Waals surface area (Å²) in [5.74, 6) is 1.50. The van der Waals surface area contributed by atoms with Gasteiger partial charge >= 0.3 is 0 Å². The number of benzene rings is 1. The van der Waals surface area contributed by atoms with Crippen LogP contribution in [0, 0.1) is 0 Å². The van der Waals surface area contributed by atoms with E-state index in [9.17, 15) is 4.79 Å². The lowest BCUT2D eigenvalue weighted by atomic mass is 10.1. The highest BCUT2D eigenvalue weighted by molar-refractivity contribution is 7.98. The predicted molar refractivity (Wildman–Crippen MR) is 117 cm³/mol. The Morgan fingerprint density at radius 3 is 2.59 bits per heavy atom. The highest BCUT2D eigenvalue weighted by Crippen LogP contribution is 2.26. The summed E-state index contributed by atoms with van der Waals surface area (Å²) in [5.41, 5.74) is 2.76. The van der Waals surface area contributed by atoms with Gasteiger partial charge < -0.3 is 5.32 Å². The van der Waals surface area contributed by atoms with E-state index in [0.717, 1.165) is 34.3 Å². The first-order chi connectivity index (χ1) is 14.1. The van der Waals surface area contributed by atoms with Gasteiger partial charge in [0.05, 0.1) is 0 Å². The van der Waals surface area contributed by atoms with Crippen molar-refractivity contribution in [1.82, 2.24) is 25.1 Å². The lowest BCUT2D eigenvalue weighted by Crippen LogP contribution is -2.31. The Morgan fingerprint density at radius 2 is 1.93 bits per heavy atom. The number of aromatic nitrogens is 4. The molecular weight excluding hydrogens is 382 g/mol. The van der Waals surface area contributed by atoms with Gasteiger partial charge in [-0.05, 0) is 43.2 Å². The van der Waals surface area contributed by atoms with Crippen LogP contribution in [-0.4, -0.2) is 31.7 Å². The third-order valence-corrected chi connectivity index (χ3v) is 5.58. The zero-order valence-electron chi connectivity index (χ0n) is 16.7. The summed E-state index contributed by atoms with van der Waals surface area (Å²) in [6.45, 7) is 8.53. The Balaban J connectivity index is 1.69. The van der Waals surface area contributed by atoms with Gasteiger partial charge in [-0.25, -0.2) is 0 Å². The Kier molecular flexibility index (Phi) is 7.19. The number of nitrogens with zero attached hydrogens (tertiary/aromatic N) is 4. The van der Waals surface area contributed by atoms with E-state index in [-0.39, 0.29) is 11.9 Å². The van der Waals surface area contributed by atoms with Crippen LogP contribution in [0.3, 0.4) is 0 Å². The van der Waals surface area contributed by atoms with Crippen molar-refractivity contribution >= 4 is 17.7 Å². The van der Waals surface area contributed by atoms with Crippen molar-refractivity contribution in [1.29, 1.82) is 0 Å². The minimum Gasteiger partial charge on any atom is -0.350 e. The van der Waals surface area contributed by atoms with Gasteiger partial charge in [-0.3, -0.25) is 14.3 Å². The van der Waals surface area contributed by atoms with Gasteiger partial charge in [0, 0.05) is 41.9 Å². The summed E-state index contributed by atoms with van der Waals surface area (Å²) in [4.78, 5) is 16.3. The Labute approximate surface area is 175 Å². The molecule has 0 fully saturated rings. The number of carbonyl (C=O) groups excluding carboxylic acids is 1. The number of carbonyl (C=O) groups is 1. The van der Waals surface area contributed by atoms with E-state index in [0.29, 0.717) is 12.1 Å². The van der Waals surface area contributed by atoms with E-state index in [1.165, 1.54) is 0 Å². The van der Waals surface area contributed by atoms with Gasteiger partial charge in [0.1, 0.15) is 0 Å². The number of allylic oxidation sites excluding steroid dienone is 1. The Morgan fingerprint density at radius 1 is 1.21 bits per heavy atom. The molecule has 1 aromatic carbocycles. The SMILES string of the molecule is C=CCn1c(SCc2ccc(C(=O)N[C@@H](C)CC)cc2)nnc1-c1ccncc1. The molecule has 0 unspecified atom stereocenters. The first-order valence-corrected chi connectivity index (χ1v) is 10.6. The molecule has 2 aromatic heterocycles. The summed E-state index contributed by atoms with van der Waals surface area (Å²) >= 11 is 1.61. The van der Waals surface area contributed by atoms with Crippen molar-refractivity contribution in [3.8, 4) is 11.4 Å². The van der Waals surface area contributed by atoms with Crippen LogP contribution < -0.4 is 5.32 Å². The second-order valence-electron chi connectivity index (χ2n) is 6.71. The maximum atomic E-state index is 12.2. The van der Waals surface area contributed by atoms with Crippen molar-refractivity contribution in [3.63, 3.8) is 0 Å². The maximum absolute atomic E-state index is 12.2. The molecule has 0 aliphatic carbocycles.